The number of fused-ring (bicyclic) bond motifs is 2. The molecule has 1 N–H and O–H groups in total. The van der Waals surface area contributed by atoms with Gasteiger partial charge in [-0.2, -0.15) is 13.2 Å². The first kappa shape index (κ1) is 29.5. The first-order valence-corrected chi connectivity index (χ1v) is 12.5. The van der Waals surface area contributed by atoms with E-state index in [1.54, 1.807) is 4.90 Å². The van der Waals surface area contributed by atoms with Crippen molar-refractivity contribution in [1.82, 2.24) is 4.90 Å². The molecule has 0 radical (unpaired) electrons. The molecule has 4 rings (SSSR count). The number of carbonyl (C=O) groups is 2. The number of carbonyl (C=O) groups excluding carboxylic acids is 1. The van der Waals surface area contributed by atoms with Crippen LogP contribution in [0.25, 0.3) is 0 Å². The van der Waals surface area contributed by atoms with E-state index in [9.17, 15) is 26.7 Å². The van der Waals surface area contributed by atoms with E-state index in [2.05, 4.69) is 38.7 Å². The van der Waals surface area contributed by atoms with Gasteiger partial charge in [-0.1, -0.05) is 45.9 Å². The number of alkyl halides is 3. The zero-order valence-corrected chi connectivity index (χ0v) is 22.0. The van der Waals surface area contributed by atoms with Gasteiger partial charge in [0, 0.05) is 17.6 Å². The first-order valence-electron chi connectivity index (χ1n) is 12.5. The fourth-order valence-electron chi connectivity index (χ4n) is 5.10. The van der Waals surface area contributed by atoms with Crippen molar-refractivity contribution in [2.75, 3.05) is 31.1 Å². The summed E-state index contributed by atoms with van der Waals surface area (Å²) in [6.45, 7) is 12.2. The summed E-state index contributed by atoms with van der Waals surface area (Å²) < 4.78 is 60.6. The second kappa shape index (κ2) is 11.0. The number of amides is 1. The summed E-state index contributed by atoms with van der Waals surface area (Å²) in [5, 5.41) is 7.12. The zero-order valence-electron chi connectivity index (χ0n) is 22.0. The summed E-state index contributed by atoms with van der Waals surface area (Å²) in [7, 11) is 0. The average molecular weight is 541 g/mol. The smallest absolute Gasteiger partial charge is 0.475 e. The van der Waals surface area contributed by atoms with Crippen LogP contribution >= 0.6 is 0 Å². The highest BCUT2D eigenvalue weighted by atomic mass is 19.4. The number of anilines is 1. The van der Waals surface area contributed by atoms with Crippen molar-refractivity contribution in [3.63, 3.8) is 0 Å². The largest absolute Gasteiger partial charge is 0.490 e. The summed E-state index contributed by atoms with van der Waals surface area (Å²) in [6.07, 6.45) is -2.08. The van der Waals surface area contributed by atoms with E-state index < -0.39 is 35.3 Å². The second-order valence-corrected chi connectivity index (χ2v) is 10.9. The van der Waals surface area contributed by atoms with E-state index in [0.717, 1.165) is 62.3 Å². The van der Waals surface area contributed by atoms with Gasteiger partial charge in [-0.25, -0.2) is 13.6 Å². The highest BCUT2D eigenvalue weighted by Crippen LogP contribution is 2.49. The molecule has 0 aromatic heterocycles. The average Bonchev–Trinajstić information content (AvgIpc) is 3.13. The fraction of sp³-hybridized carbons (Fsp3) is 0.500. The molecule has 10 heteroatoms. The van der Waals surface area contributed by atoms with Gasteiger partial charge in [-0.15, -0.1) is 0 Å². The van der Waals surface area contributed by atoms with Crippen LogP contribution in [0.1, 0.15) is 68.4 Å². The Labute approximate surface area is 219 Å². The number of benzene rings is 2. The van der Waals surface area contributed by atoms with Crippen molar-refractivity contribution in [2.24, 2.45) is 0 Å². The Hall–Kier alpha value is -3.01. The van der Waals surface area contributed by atoms with Crippen LogP contribution in [0.15, 0.2) is 36.4 Å². The van der Waals surface area contributed by atoms with Gasteiger partial charge >= 0.3 is 12.1 Å². The molecule has 1 fully saturated rings. The molecule has 5 nitrogen and oxygen atoms in total. The SMILES string of the molecule is CCCN1CCC2(CC1)CN(C(=O)c1c(F)cccc1F)c1ccc(C(C)(C)C)cc12.O=C(O)C(F)(F)F. The lowest BCUT2D eigenvalue weighted by atomic mass is 9.72. The van der Waals surface area contributed by atoms with Gasteiger partial charge in [-0.05, 0) is 73.6 Å². The lowest BCUT2D eigenvalue weighted by Gasteiger charge is -2.40. The Morgan fingerprint density at radius 3 is 2.03 bits per heavy atom. The lowest BCUT2D eigenvalue weighted by molar-refractivity contribution is -0.192. The minimum absolute atomic E-state index is 0.0196. The molecule has 2 aliphatic heterocycles. The number of halogens is 5. The number of hydrogen-bond acceptors (Lipinski definition) is 3. The number of carboxylic acids is 1. The van der Waals surface area contributed by atoms with Gasteiger partial charge in [0.05, 0.1) is 0 Å². The summed E-state index contributed by atoms with van der Waals surface area (Å²) >= 11 is 0. The number of piperidine rings is 1. The quantitative estimate of drug-likeness (QED) is 0.465. The minimum Gasteiger partial charge on any atom is -0.475 e. The Balaban J connectivity index is 0.000000505. The molecule has 2 aliphatic rings. The first-order chi connectivity index (χ1) is 17.6. The third-order valence-electron chi connectivity index (χ3n) is 7.20. The number of rotatable bonds is 3. The van der Waals surface area contributed by atoms with Crippen molar-refractivity contribution >= 4 is 17.6 Å². The molecule has 0 unspecified atom stereocenters. The van der Waals surface area contributed by atoms with Gasteiger partial charge < -0.3 is 14.9 Å². The van der Waals surface area contributed by atoms with E-state index in [4.69, 9.17) is 9.90 Å². The topological polar surface area (TPSA) is 60.9 Å². The van der Waals surface area contributed by atoms with E-state index in [1.165, 1.54) is 11.6 Å². The van der Waals surface area contributed by atoms with Crippen molar-refractivity contribution in [1.29, 1.82) is 0 Å². The molecule has 38 heavy (non-hydrogen) atoms. The van der Waals surface area contributed by atoms with E-state index in [-0.39, 0.29) is 10.8 Å². The predicted molar refractivity (Wildman–Crippen MR) is 135 cm³/mol. The van der Waals surface area contributed by atoms with Crippen LogP contribution in [0.5, 0.6) is 0 Å². The van der Waals surface area contributed by atoms with E-state index in [1.807, 2.05) is 12.1 Å². The molecule has 0 bridgehead atoms. The minimum atomic E-state index is -5.08. The molecular formula is C28H33F5N2O3. The van der Waals surface area contributed by atoms with Crippen LogP contribution in [0.4, 0.5) is 27.6 Å². The summed E-state index contributed by atoms with van der Waals surface area (Å²) in [4.78, 5) is 26.3. The lowest BCUT2D eigenvalue weighted by Crippen LogP contribution is -2.46. The van der Waals surface area contributed by atoms with Gasteiger partial charge in [0.25, 0.3) is 5.91 Å². The maximum atomic E-state index is 14.4. The number of likely N-dealkylation sites (tertiary alicyclic amines) is 1. The summed E-state index contributed by atoms with van der Waals surface area (Å²) in [6, 6.07) is 9.83. The summed E-state index contributed by atoms with van der Waals surface area (Å²) in [5.74, 6) is -4.96. The van der Waals surface area contributed by atoms with Crippen molar-refractivity contribution < 1.29 is 36.6 Å². The third kappa shape index (κ3) is 6.17. The Morgan fingerprint density at radius 2 is 1.55 bits per heavy atom. The van der Waals surface area contributed by atoms with Crippen molar-refractivity contribution in [3.8, 4) is 0 Å². The number of hydrogen-bond donors (Lipinski definition) is 1. The highest BCUT2D eigenvalue weighted by molar-refractivity contribution is 6.08. The third-order valence-corrected chi connectivity index (χ3v) is 7.20. The number of aliphatic carboxylic acids is 1. The Morgan fingerprint density at radius 1 is 1.00 bits per heavy atom. The number of nitrogens with zero attached hydrogens (tertiary/aromatic N) is 2. The molecule has 2 heterocycles. The predicted octanol–water partition coefficient (Wildman–Crippen LogP) is 6.30. The summed E-state index contributed by atoms with van der Waals surface area (Å²) in [5.41, 5.74) is 2.51. The molecule has 1 amide bonds. The fourth-order valence-corrected chi connectivity index (χ4v) is 5.10. The normalized spacial score (nSPS) is 17.1. The molecule has 0 aliphatic carbocycles. The van der Waals surface area contributed by atoms with Crippen LogP contribution < -0.4 is 4.90 Å². The Kier molecular flexibility index (Phi) is 8.55. The van der Waals surface area contributed by atoms with Crippen molar-refractivity contribution in [2.45, 2.75) is 64.0 Å². The molecule has 1 saturated heterocycles. The molecule has 1 spiro atoms. The highest BCUT2D eigenvalue weighted by Gasteiger charge is 2.47. The van der Waals surface area contributed by atoms with E-state index >= 15 is 0 Å². The van der Waals surface area contributed by atoms with Gasteiger partial charge in [0.1, 0.15) is 17.2 Å². The molecule has 2 aromatic carbocycles. The van der Waals surface area contributed by atoms with Gasteiger partial charge in [0.2, 0.25) is 0 Å². The van der Waals surface area contributed by atoms with Gasteiger partial charge in [0.15, 0.2) is 0 Å². The molecule has 208 valence electrons. The van der Waals surface area contributed by atoms with Gasteiger partial charge in [-0.3, -0.25) is 4.79 Å². The van der Waals surface area contributed by atoms with Crippen LogP contribution in [0, 0.1) is 11.6 Å². The maximum Gasteiger partial charge on any atom is 0.490 e. The molecule has 0 atom stereocenters. The van der Waals surface area contributed by atoms with Crippen LogP contribution in [-0.4, -0.2) is 54.2 Å². The number of carboxylic acid groups (broad SMARTS) is 1. The van der Waals surface area contributed by atoms with E-state index in [0.29, 0.717) is 6.54 Å². The van der Waals surface area contributed by atoms with Crippen LogP contribution in [0.2, 0.25) is 0 Å². The second-order valence-electron chi connectivity index (χ2n) is 10.9. The Bertz CT molecular complexity index is 1160. The van der Waals surface area contributed by atoms with Crippen LogP contribution in [0.3, 0.4) is 0 Å². The maximum absolute atomic E-state index is 14.4. The molecule has 2 aromatic rings. The zero-order chi connectivity index (χ0) is 28.5. The monoisotopic (exact) mass is 540 g/mol. The molecule has 0 saturated carbocycles. The van der Waals surface area contributed by atoms with Crippen LogP contribution in [-0.2, 0) is 15.6 Å². The molecular weight excluding hydrogens is 507 g/mol. The van der Waals surface area contributed by atoms with Crippen molar-refractivity contribution in [3.05, 3.63) is 64.7 Å². The standard InChI is InChI=1S/C26H32F2N2O.C2HF3O2/c1-5-13-29-14-11-26(12-15-29)17-30(24(31)23-20(27)7-6-8-21(23)28)22-10-9-18(16-19(22)26)25(2,3)4;3-2(4,5)1(6)7/h6-10,16H,5,11-15,17H2,1-4H3;(H,6,7).